The number of amides is 1. The van der Waals surface area contributed by atoms with Gasteiger partial charge in [-0.15, -0.1) is 0 Å². The van der Waals surface area contributed by atoms with E-state index in [1.54, 1.807) is 6.07 Å². The molecule has 0 saturated heterocycles. The average molecular weight is 397 g/mol. The molecule has 4 nitrogen and oxygen atoms in total. The number of rotatable bonds is 4. The molecule has 0 saturated carbocycles. The first kappa shape index (κ1) is 19.0. The third-order valence-electron chi connectivity index (χ3n) is 4.99. The molecule has 1 aliphatic rings. The summed E-state index contributed by atoms with van der Waals surface area (Å²) in [5, 5.41) is 2.92. The second-order valence-corrected chi connectivity index (χ2v) is 6.88. The summed E-state index contributed by atoms with van der Waals surface area (Å²) in [6.45, 7) is 0. The van der Waals surface area contributed by atoms with Crippen molar-refractivity contribution >= 4 is 12.0 Å². The normalized spacial score (nSPS) is 16.2. The van der Waals surface area contributed by atoms with Crippen molar-refractivity contribution in [2.45, 2.75) is 25.1 Å². The van der Waals surface area contributed by atoms with Gasteiger partial charge in [-0.2, -0.15) is 13.2 Å². The molecule has 0 spiro atoms. The molecule has 0 aliphatic heterocycles. The van der Waals surface area contributed by atoms with Crippen molar-refractivity contribution in [2.24, 2.45) is 0 Å². The zero-order chi connectivity index (χ0) is 20.4. The molecule has 29 heavy (non-hydrogen) atoms. The molecule has 1 aromatic heterocycles. The molecule has 148 valence electrons. The Kier molecular flexibility index (Phi) is 4.96. The number of hydrogen-bond acceptors (Lipinski definition) is 2. The molecule has 1 heterocycles. The highest BCUT2D eigenvalue weighted by molar-refractivity contribution is 5.92. The van der Waals surface area contributed by atoms with Gasteiger partial charge in [-0.1, -0.05) is 30.3 Å². The third kappa shape index (κ3) is 4.08. The first-order valence-electron chi connectivity index (χ1n) is 9.18. The largest absolute Gasteiger partial charge is 0.418 e. The molecule has 1 unspecified atom stereocenters. The molecule has 0 fully saturated rings. The second-order valence-electron chi connectivity index (χ2n) is 6.88. The van der Waals surface area contributed by atoms with E-state index in [-0.39, 0.29) is 17.6 Å². The smallest absolute Gasteiger partial charge is 0.346 e. The van der Waals surface area contributed by atoms with Crippen LogP contribution >= 0.6 is 0 Å². The van der Waals surface area contributed by atoms with Crippen molar-refractivity contribution in [2.75, 3.05) is 0 Å². The lowest BCUT2D eigenvalue weighted by atomic mass is 10.1. The molecular weight excluding hydrogens is 379 g/mol. The molecule has 7 heteroatoms. The Balaban J connectivity index is 1.52. The molecule has 1 atom stereocenters. The number of aryl methyl sites for hydroxylation is 1. The summed E-state index contributed by atoms with van der Waals surface area (Å²) in [6.07, 6.45) is 4.03. The fourth-order valence-electron chi connectivity index (χ4n) is 3.61. The first-order chi connectivity index (χ1) is 13.9. The Bertz CT molecular complexity index is 1060. The van der Waals surface area contributed by atoms with Crippen LogP contribution in [0.1, 0.15) is 34.7 Å². The van der Waals surface area contributed by atoms with Crippen molar-refractivity contribution < 1.29 is 18.0 Å². The van der Waals surface area contributed by atoms with Gasteiger partial charge >= 0.3 is 6.18 Å². The molecule has 0 radical (unpaired) electrons. The summed E-state index contributed by atoms with van der Waals surface area (Å²) in [4.78, 5) is 16.1. The Labute approximate surface area is 165 Å². The number of hydrogen-bond donors (Lipinski definition) is 1. The van der Waals surface area contributed by atoms with Gasteiger partial charge in [0, 0.05) is 18.5 Å². The van der Waals surface area contributed by atoms with Gasteiger partial charge in [0.05, 0.1) is 23.6 Å². The maximum Gasteiger partial charge on any atom is 0.418 e. The van der Waals surface area contributed by atoms with E-state index in [4.69, 9.17) is 0 Å². The van der Waals surface area contributed by atoms with E-state index in [0.717, 1.165) is 24.5 Å². The number of aromatic nitrogens is 2. The van der Waals surface area contributed by atoms with Crippen LogP contribution in [0.5, 0.6) is 0 Å². The predicted molar refractivity (Wildman–Crippen MR) is 103 cm³/mol. The second kappa shape index (κ2) is 7.58. The minimum atomic E-state index is -4.53. The Morgan fingerprint density at radius 2 is 2.03 bits per heavy atom. The number of fused-ring (bicyclic) bond motifs is 1. The lowest BCUT2D eigenvalue weighted by molar-refractivity contribution is -0.137. The molecule has 1 amide bonds. The molecule has 1 aliphatic carbocycles. The summed E-state index contributed by atoms with van der Waals surface area (Å²) < 4.78 is 41.8. The zero-order valence-corrected chi connectivity index (χ0v) is 15.4. The molecular formula is C22H18F3N3O. The SMILES string of the molecule is O=C(/C=C/c1ccc(-n2ccnc2)c(C(F)(F)F)c1)NC1CCc2ccccc21. The lowest BCUT2D eigenvalue weighted by Gasteiger charge is -2.14. The Morgan fingerprint density at radius 3 is 2.79 bits per heavy atom. The number of carbonyl (C=O) groups is 1. The van der Waals surface area contributed by atoms with Crippen LogP contribution in [0.4, 0.5) is 13.2 Å². The number of nitrogens with zero attached hydrogens (tertiary/aromatic N) is 2. The van der Waals surface area contributed by atoms with Crippen molar-refractivity contribution in [1.29, 1.82) is 0 Å². The van der Waals surface area contributed by atoms with Gasteiger partial charge in [0.25, 0.3) is 0 Å². The van der Waals surface area contributed by atoms with E-state index in [1.165, 1.54) is 47.1 Å². The Hall–Kier alpha value is -3.35. The van der Waals surface area contributed by atoms with Crippen molar-refractivity contribution in [3.05, 3.63) is 89.5 Å². The van der Waals surface area contributed by atoms with Gasteiger partial charge in [-0.25, -0.2) is 4.98 Å². The van der Waals surface area contributed by atoms with E-state index >= 15 is 0 Å². The van der Waals surface area contributed by atoms with E-state index in [1.807, 2.05) is 24.3 Å². The topological polar surface area (TPSA) is 46.9 Å². The number of imidazole rings is 1. The fourth-order valence-corrected chi connectivity index (χ4v) is 3.61. The summed E-state index contributed by atoms with van der Waals surface area (Å²) in [6, 6.07) is 11.8. The number of carbonyl (C=O) groups excluding carboxylic acids is 1. The highest BCUT2D eigenvalue weighted by Gasteiger charge is 2.34. The van der Waals surface area contributed by atoms with Crippen LogP contribution in [0.25, 0.3) is 11.8 Å². The molecule has 3 aromatic rings. The van der Waals surface area contributed by atoms with Crippen molar-refractivity contribution in [3.8, 4) is 5.69 Å². The van der Waals surface area contributed by atoms with E-state index < -0.39 is 11.7 Å². The maximum atomic E-state index is 13.5. The van der Waals surface area contributed by atoms with E-state index in [0.29, 0.717) is 5.56 Å². The zero-order valence-electron chi connectivity index (χ0n) is 15.4. The molecule has 2 aromatic carbocycles. The molecule has 1 N–H and O–H groups in total. The number of benzene rings is 2. The number of nitrogens with one attached hydrogen (secondary N) is 1. The highest BCUT2D eigenvalue weighted by Crippen LogP contribution is 2.35. The number of halogens is 3. The van der Waals surface area contributed by atoms with Crippen LogP contribution in [-0.2, 0) is 17.4 Å². The molecule has 4 rings (SSSR count). The minimum Gasteiger partial charge on any atom is -0.346 e. The monoisotopic (exact) mass is 397 g/mol. The number of alkyl halides is 3. The van der Waals surface area contributed by atoms with Crippen molar-refractivity contribution in [1.82, 2.24) is 14.9 Å². The van der Waals surface area contributed by atoms with E-state index in [9.17, 15) is 18.0 Å². The minimum absolute atomic E-state index is 0.0147. The Morgan fingerprint density at radius 1 is 1.21 bits per heavy atom. The van der Waals surface area contributed by atoms with Gasteiger partial charge in [0.15, 0.2) is 0 Å². The predicted octanol–water partition coefficient (Wildman–Crippen LogP) is 4.71. The summed E-state index contributed by atoms with van der Waals surface area (Å²) in [7, 11) is 0. The molecule has 0 bridgehead atoms. The van der Waals surface area contributed by atoms with Crippen LogP contribution in [-0.4, -0.2) is 15.5 Å². The average Bonchev–Trinajstić information content (AvgIpc) is 3.36. The van der Waals surface area contributed by atoms with Crippen LogP contribution in [0.3, 0.4) is 0 Å². The highest BCUT2D eigenvalue weighted by atomic mass is 19.4. The van der Waals surface area contributed by atoms with Gasteiger partial charge in [0.1, 0.15) is 0 Å². The summed E-state index contributed by atoms with van der Waals surface area (Å²) in [5.41, 5.74) is 1.80. The summed E-state index contributed by atoms with van der Waals surface area (Å²) >= 11 is 0. The van der Waals surface area contributed by atoms with Crippen LogP contribution in [0, 0.1) is 0 Å². The first-order valence-corrected chi connectivity index (χ1v) is 9.18. The quantitative estimate of drug-likeness (QED) is 0.649. The van der Waals surface area contributed by atoms with Crippen LogP contribution < -0.4 is 5.32 Å². The van der Waals surface area contributed by atoms with E-state index in [2.05, 4.69) is 10.3 Å². The van der Waals surface area contributed by atoms with Crippen molar-refractivity contribution in [3.63, 3.8) is 0 Å². The van der Waals surface area contributed by atoms with Crippen LogP contribution in [0.15, 0.2) is 67.3 Å². The van der Waals surface area contributed by atoms with Gasteiger partial charge in [-0.05, 0) is 47.7 Å². The van der Waals surface area contributed by atoms with Crippen LogP contribution in [0.2, 0.25) is 0 Å². The fraction of sp³-hybridized carbons (Fsp3) is 0.182. The van der Waals surface area contributed by atoms with Gasteiger partial charge in [-0.3, -0.25) is 4.79 Å². The maximum absolute atomic E-state index is 13.5. The standard InChI is InChI=1S/C22H18F3N3O/c23-22(24,25)18-13-15(5-9-20(18)28-12-11-26-14-28)6-10-21(29)27-19-8-7-16-3-1-2-4-17(16)19/h1-6,9-14,19H,7-8H2,(H,27,29)/b10-6+. The lowest BCUT2D eigenvalue weighted by Crippen LogP contribution is -2.25. The van der Waals surface area contributed by atoms with Gasteiger partial charge < -0.3 is 9.88 Å². The van der Waals surface area contributed by atoms with Gasteiger partial charge in [0.2, 0.25) is 5.91 Å². The third-order valence-corrected chi connectivity index (χ3v) is 4.99. The summed E-state index contributed by atoms with van der Waals surface area (Å²) in [5.74, 6) is -0.334.